The van der Waals surface area contributed by atoms with Gasteiger partial charge < -0.3 is 0 Å². The highest BCUT2D eigenvalue weighted by Gasteiger charge is 2.17. The smallest absolute Gasteiger partial charge is 0.179 e. The Morgan fingerprint density at radius 3 is 2.60 bits per heavy atom. The molecular formula is C10H10ClNO2S. The Balaban J connectivity index is 3.11. The number of nitrogens with zero attached hydrogens (tertiary/aromatic N) is 1. The van der Waals surface area contributed by atoms with Crippen LogP contribution in [0.1, 0.15) is 12.0 Å². The standard InChI is InChI=1S/C10H10ClNO2S/c11-6-3-7-15(13,14)10-5-2-1-4-9(10)8-12/h1-2,4-5H,3,6-7H2. The molecule has 0 heterocycles. The molecule has 0 fully saturated rings. The predicted molar refractivity (Wildman–Crippen MR) is 58.5 cm³/mol. The summed E-state index contributed by atoms with van der Waals surface area (Å²) < 4.78 is 23.5. The van der Waals surface area contributed by atoms with Crippen LogP contribution in [0.15, 0.2) is 29.2 Å². The van der Waals surface area contributed by atoms with E-state index in [9.17, 15) is 8.42 Å². The summed E-state index contributed by atoms with van der Waals surface area (Å²) in [6.45, 7) is 0. The Labute approximate surface area is 94.2 Å². The third-order valence-electron chi connectivity index (χ3n) is 1.89. The van der Waals surface area contributed by atoms with Crippen molar-refractivity contribution in [2.24, 2.45) is 0 Å². The van der Waals surface area contributed by atoms with Gasteiger partial charge >= 0.3 is 0 Å². The van der Waals surface area contributed by atoms with Crippen molar-refractivity contribution in [1.82, 2.24) is 0 Å². The summed E-state index contributed by atoms with van der Waals surface area (Å²) in [7, 11) is -3.37. The first-order chi connectivity index (χ1) is 7.11. The normalized spacial score (nSPS) is 10.9. The molecule has 0 aliphatic carbocycles. The minimum Gasteiger partial charge on any atom is -0.224 e. The average molecular weight is 244 g/mol. The van der Waals surface area contributed by atoms with Crippen molar-refractivity contribution in [3.05, 3.63) is 29.8 Å². The fourth-order valence-electron chi connectivity index (χ4n) is 1.18. The molecule has 5 heteroatoms. The van der Waals surface area contributed by atoms with Crippen molar-refractivity contribution in [2.75, 3.05) is 11.6 Å². The molecule has 1 aromatic rings. The molecule has 0 bridgehead atoms. The van der Waals surface area contributed by atoms with Gasteiger partial charge in [0.05, 0.1) is 16.2 Å². The van der Waals surface area contributed by atoms with E-state index >= 15 is 0 Å². The van der Waals surface area contributed by atoms with Gasteiger partial charge in [0.25, 0.3) is 0 Å². The molecule has 0 aliphatic heterocycles. The number of nitriles is 1. The van der Waals surface area contributed by atoms with Gasteiger partial charge in [-0.2, -0.15) is 5.26 Å². The van der Waals surface area contributed by atoms with Crippen LogP contribution in [-0.2, 0) is 9.84 Å². The second-order valence-electron chi connectivity index (χ2n) is 2.97. The van der Waals surface area contributed by atoms with E-state index in [2.05, 4.69) is 0 Å². The van der Waals surface area contributed by atoms with E-state index in [0.717, 1.165) is 0 Å². The molecule has 80 valence electrons. The first kappa shape index (κ1) is 12.0. The van der Waals surface area contributed by atoms with Crippen LogP contribution >= 0.6 is 11.6 Å². The second-order valence-corrected chi connectivity index (χ2v) is 5.42. The van der Waals surface area contributed by atoms with Crippen LogP contribution in [0.2, 0.25) is 0 Å². The average Bonchev–Trinajstić information content (AvgIpc) is 2.26. The number of sulfone groups is 1. The van der Waals surface area contributed by atoms with Crippen molar-refractivity contribution in [2.45, 2.75) is 11.3 Å². The summed E-state index contributed by atoms with van der Waals surface area (Å²) in [5.41, 5.74) is 0.187. The first-order valence-corrected chi connectivity index (χ1v) is 6.58. The number of benzene rings is 1. The lowest BCUT2D eigenvalue weighted by Crippen LogP contribution is -2.09. The maximum atomic E-state index is 11.8. The maximum Gasteiger partial charge on any atom is 0.179 e. The molecule has 0 aromatic heterocycles. The number of alkyl halides is 1. The van der Waals surface area contributed by atoms with E-state index in [-0.39, 0.29) is 16.2 Å². The highest BCUT2D eigenvalue weighted by atomic mass is 35.5. The van der Waals surface area contributed by atoms with Gasteiger partial charge in [-0.3, -0.25) is 0 Å². The molecule has 0 N–H and O–H groups in total. The van der Waals surface area contributed by atoms with E-state index in [1.165, 1.54) is 12.1 Å². The lowest BCUT2D eigenvalue weighted by atomic mass is 10.2. The zero-order valence-electron chi connectivity index (χ0n) is 7.98. The summed E-state index contributed by atoms with van der Waals surface area (Å²) in [6, 6.07) is 8.05. The van der Waals surface area contributed by atoms with Crippen molar-refractivity contribution in [3.63, 3.8) is 0 Å². The third-order valence-corrected chi connectivity index (χ3v) is 4.01. The van der Waals surface area contributed by atoms with Gasteiger partial charge in [0.1, 0.15) is 6.07 Å². The Morgan fingerprint density at radius 1 is 1.33 bits per heavy atom. The summed E-state index contributed by atoms with van der Waals surface area (Å²) in [4.78, 5) is 0.0950. The minimum absolute atomic E-state index is 0.0187. The van der Waals surface area contributed by atoms with Crippen molar-refractivity contribution >= 4 is 21.4 Å². The Hall–Kier alpha value is -1.05. The zero-order valence-corrected chi connectivity index (χ0v) is 9.55. The summed E-state index contributed by atoms with van der Waals surface area (Å²) in [5, 5.41) is 8.77. The van der Waals surface area contributed by atoms with Gasteiger partial charge in [-0.05, 0) is 18.6 Å². The molecule has 0 atom stereocenters. The SMILES string of the molecule is N#Cc1ccccc1S(=O)(=O)CCCCl. The van der Waals surface area contributed by atoms with E-state index in [0.29, 0.717) is 12.3 Å². The molecule has 0 amide bonds. The molecule has 0 aliphatic rings. The number of hydrogen-bond donors (Lipinski definition) is 0. The highest BCUT2D eigenvalue weighted by molar-refractivity contribution is 7.91. The van der Waals surface area contributed by atoms with Gasteiger partial charge in [0.15, 0.2) is 9.84 Å². The first-order valence-electron chi connectivity index (χ1n) is 4.39. The lowest BCUT2D eigenvalue weighted by Gasteiger charge is -2.04. The van der Waals surface area contributed by atoms with Crippen LogP contribution in [0.3, 0.4) is 0 Å². The third kappa shape index (κ3) is 2.95. The molecule has 1 aromatic carbocycles. The molecule has 3 nitrogen and oxygen atoms in total. The van der Waals surface area contributed by atoms with Gasteiger partial charge in [-0.1, -0.05) is 12.1 Å². The van der Waals surface area contributed by atoms with Crippen LogP contribution in [0, 0.1) is 11.3 Å². The number of rotatable bonds is 4. The lowest BCUT2D eigenvalue weighted by molar-refractivity contribution is 0.594. The fraction of sp³-hybridized carbons (Fsp3) is 0.300. The Morgan fingerprint density at radius 2 is 2.00 bits per heavy atom. The predicted octanol–water partition coefficient (Wildman–Crippen LogP) is 1.96. The monoisotopic (exact) mass is 243 g/mol. The van der Waals surface area contributed by atoms with Crippen molar-refractivity contribution in [1.29, 1.82) is 5.26 Å². The van der Waals surface area contributed by atoms with E-state index in [4.69, 9.17) is 16.9 Å². The van der Waals surface area contributed by atoms with E-state index in [1.807, 2.05) is 6.07 Å². The van der Waals surface area contributed by atoms with Crippen molar-refractivity contribution in [3.8, 4) is 6.07 Å². The molecular weight excluding hydrogens is 234 g/mol. The van der Waals surface area contributed by atoms with Gasteiger partial charge in [-0.15, -0.1) is 11.6 Å². The van der Waals surface area contributed by atoms with Crippen LogP contribution < -0.4 is 0 Å². The molecule has 0 unspecified atom stereocenters. The molecule has 0 saturated carbocycles. The Bertz CT molecular complexity index is 476. The topological polar surface area (TPSA) is 57.9 Å². The molecule has 0 saturated heterocycles. The second kappa shape index (κ2) is 5.15. The van der Waals surface area contributed by atoms with Crippen LogP contribution in [0.25, 0.3) is 0 Å². The molecule has 15 heavy (non-hydrogen) atoms. The van der Waals surface area contributed by atoms with Crippen LogP contribution in [-0.4, -0.2) is 20.1 Å². The highest BCUT2D eigenvalue weighted by Crippen LogP contribution is 2.16. The van der Waals surface area contributed by atoms with Gasteiger partial charge in [-0.25, -0.2) is 8.42 Å². The summed E-state index contributed by atoms with van der Waals surface area (Å²) in [5.74, 6) is 0.281. The van der Waals surface area contributed by atoms with Crippen molar-refractivity contribution < 1.29 is 8.42 Å². The van der Waals surface area contributed by atoms with Crippen LogP contribution in [0.5, 0.6) is 0 Å². The zero-order chi connectivity index (χ0) is 11.3. The largest absolute Gasteiger partial charge is 0.224 e. The van der Waals surface area contributed by atoms with E-state index < -0.39 is 9.84 Å². The molecule has 0 radical (unpaired) electrons. The minimum atomic E-state index is -3.37. The fourth-order valence-corrected chi connectivity index (χ4v) is 2.96. The number of hydrogen-bond acceptors (Lipinski definition) is 3. The maximum absolute atomic E-state index is 11.8. The molecule has 0 spiro atoms. The Kier molecular flexibility index (Phi) is 4.13. The summed E-state index contributed by atoms with van der Waals surface area (Å²) >= 11 is 5.44. The van der Waals surface area contributed by atoms with Gasteiger partial charge in [0, 0.05) is 5.88 Å². The summed E-state index contributed by atoms with van der Waals surface area (Å²) in [6.07, 6.45) is 0.393. The van der Waals surface area contributed by atoms with Crippen LogP contribution in [0.4, 0.5) is 0 Å². The number of halogens is 1. The quantitative estimate of drug-likeness (QED) is 0.760. The molecule has 1 rings (SSSR count). The van der Waals surface area contributed by atoms with E-state index in [1.54, 1.807) is 12.1 Å². The van der Waals surface area contributed by atoms with Gasteiger partial charge in [0.2, 0.25) is 0 Å².